The number of methoxy groups -OCH3 is 1. The molecule has 2 rings (SSSR count). The Morgan fingerprint density at radius 1 is 1.32 bits per heavy atom. The molecule has 0 saturated heterocycles. The SMILES string of the molecule is CCN(CC)CCn1c(NC(=O)COC)nc2ccccc21. The van der Waals surface area contributed by atoms with Crippen LogP contribution in [0.25, 0.3) is 11.0 Å². The molecule has 0 bridgehead atoms. The Balaban J connectivity index is 2.25. The second-order valence-electron chi connectivity index (χ2n) is 5.08. The second kappa shape index (κ2) is 7.91. The second-order valence-corrected chi connectivity index (χ2v) is 5.08. The van der Waals surface area contributed by atoms with E-state index in [1.807, 2.05) is 24.3 Å². The number of aromatic nitrogens is 2. The van der Waals surface area contributed by atoms with E-state index in [9.17, 15) is 4.79 Å². The summed E-state index contributed by atoms with van der Waals surface area (Å²) in [6.45, 7) is 8.04. The number of rotatable bonds is 8. The number of imidazole rings is 1. The molecule has 1 aromatic carbocycles. The predicted octanol–water partition coefficient (Wildman–Crippen LogP) is 1.96. The third-order valence-electron chi connectivity index (χ3n) is 3.72. The number of benzene rings is 1. The smallest absolute Gasteiger partial charge is 0.252 e. The molecule has 0 atom stereocenters. The molecule has 0 aliphatic carbocycles. The summed E-state index contributed by atoms with van der Waals surface area (Å²) in [5, 5.41) is 2.83. The number of amides is 1. The number of hydrogen-bond donors (Lipinski definition) is 1. The van der Waals surface area contributed by atoms with E-state index in [0.717, 1.165) is 37.2 Å². The third-order valence-corrected chi connectivity index (χ3v) is 3.72. The zero-order valence-corrected chi connectivity index (χ0v) is 13.5. The Morgan fingerprint density at radius 2 is 2.05 bits per heavy atom. The summed E-state index contributed by atoms with van der Waals surface area (Å²) in [5.74, 6) is 0.386. The average Bonchev–Trinajstić information content (AvgIpc) is 2.86. The van der Waals surface area contributed by atoms with Crippen molar-refractivity contribution in [2.24, 2.45) is 0 Å². The summed E-state index contributed by atoms with van der Waals surface area (Å²) in [4.78, 5) is 18.7. The Hall–Kier alpha value is -1.92. The molecule has 6 nitrogen and oxygen atoms in total. The van der Waals surface area contributed by atoms with Gasteiger partial charge in [0, 0.05) is 20.2 Å². The topological polar surface area (TPSA) is 59.4 Å². The lowest BCUT2D eigenvalue weighted by Crippen LogP contribution is -2.28. The van der Waals surface area contributed by atoms with Crippen LogP contribution in [0.4, 0.5) is 5.95 Å². The van der Waals surface area contributed by atoms with Crippen molar-refractivity contribution in [3.8, 4) is 0 Å². The number of hydrogen-bond acceptors (Lipinski definition) is 4. The van der Waals surface area contributed by atoms with Gasteiger partial charge in [-0.25, -0.2) is 4.98 Å². The molecule has 120 valence electrons. The molecule has 1 aromatic heterocycles. The van der Waals surface area contributed by atoms with Crippen LogP contribution in [0, 0.1) is 0 Å². The molecule has 0 spiro atoms. The number of fused-ring (bicyclic) bond motifs is 1. The molecule has 0 unspecified atom stereocenters. The molecule has 0 saturated carbocycles. The van der Waals surface area contributed by atoms with Crippen LogP contribution in [-0.4, -0.2) is 53.7 Å². The normalized spacial score (nSPS) is 11.3. The minimum Gasteiger partial charge on any atom is -0.375 e. The van der Waals surface area contributed by atoms with Gasteiger partial charge in [-0.05, 0) is 25.2 Å². The fraction of sp³-hybridized carbons (Fsp3) is 0.500. The maximum absolute atomic E-state index is 11.8. The maximum atomic E-state index is 11.8. The number of likely N-dealkylation sites (N-methyl/N-ethyl adjacent to an activating group) is 1. The van der Waals surface area contributed by atoms with Crippen LogP contribution >= 0.6 is 0 Å². The van der Waals surface area contributed by atoms with E-state index in [1.54, 1.807) is 0 Å². The number of carbonyl (C=O) groups is 1. The first kappa shape index (κ1) is 16.5. The van der Waals surface area contributed by atoms with Crippen molar-refractivity contribution in [3.63, 3.8) is 0 Å². The molecule has 1 N–H and O–H groups in total. The van der Waals surface area contributed by atoms with E-state index >= 15 is 0 Å². The van der Waals surface area contributed by atoms with Gasteiger partial charge in [0.2, 0.25) is 5.95 Å². The van der Waals surface area contributed by atoms with Crippen LogP contribution in [0.15, 0.2) is 24.3 Å². The Labute approximate surface area is 131 Å². The fourth-order valence-electron chi connectivity index (χ4n) is 2.47. The Bertz CT molecular complexity index is 620. The lowest BCUT2D eigenvalue weighted by molar-refractivity contribution is -0.119. The van der Waals surface area contributed by atoms with Gasteiger partial charge >= 0.3 is 0 Å². The van der Waals surface area contributed by atoms with Crippen LogP contribution < -0.4 is 5.32 Å². The molecule has 0 aliphatic rings. The van der Waals surface area contributed by atoms with Gasteiger partial charge in [0.1, 0.15) is 6.61 Å². The highest BCUT2D eigenvalue weighted by Crippen LogP contribution is 2.19. The molecule has 2 aromatic rings. The van der Waals surface area contributed by atoms with Gasteiger partial charge in [0.25, 0.3) is 5.91 Å². The molecule has 0 radical (unpaired) electrons. The van der Waals surface area contributed by atoms with Crippen molar-refractivity contribution >= 4 is 22.9 Å². The largest absolute Gasteiger partial charge is 0.375 e. The van der Waals surface area contributed by atoms with Crippen LogP contribution in [0.2, 0.25) is 0 Å². The number of ether oxygens (including phenoxy) is 1. The first-order valence-electron chi connectivity index (χ1n) is 7.66. The van der Waals surface area contributed by atoms with Crippen LogP contribution in [-0.2, 0) is 16.1 Å². The van der Waals surface area contributed by atoms with Crippen molar-refractivity contribution in [2.75, 3.05) is 38.7 Å². The highest BCUT2D eigenvalue weighted by Gasteiger charge is 2.13. The lowest BCUT2D eigenvalue weighted by Gasteiger charge is -2.19. The summed E-state index contributed by atoms with van der Waals surface area (Å²) < 4.78 is 6.92. The predicted molar refractivity (Wildman–Crippen MR) is 88.0 cm³/mol. The van der Waals surface area contributed by atoms with Gasteiger partial charge in [-0.15, -0.1) is 0 Å². The van der Waals surface area contributed by atoms with E-state index in [-0.39, 0.29) is 12.5 Å². The quantitative estimate of drug-likeness (QED) is 0.810. The minimum absolute atomic E-state index is 0.0270. The lowest BCUT2D eigenvalue weighted by atomic mass is 10.3. The summed E-state index contributed by atoms with van der Waals surface area (Å²) in [5.41, 5.74) is 1.91. The Kier molecular flexibility index (Phi) is 5.91. The van der Waals surface area contributed by atoms with E-state index < -0.39 is 0 Å². The van der Waals surface area contributed by atoms with Crippen LogP contribution in [0.1, 0.15) is 13.8 Å². The first-order chi connectivity index (χ1) is 10.7. The van der Waals surface area contributed by atoms with Gasteiger partial charge in [-0.2, -0.15) is 0 Å². The average molecular weight is 304 g/mol. The van der Waals surface area contributed by atoms with Crippen molar-refractivity contribution < 1.29 is 9.53 Å². The molecular formula is C16H24N4O2. The maximum Gasteiger partial charge on any atom is 0.252 e. The first-order valence-corrected chi connectivity index (χ1v) is 7.66. The highest BCUT2D eigenvalue weighted by atomic mass is 16.5. The van der Waals surface area contributed by atoms with Crippen LogP contribution in [0.5, 0.6) is 0 Å². The molecule has 0 fully saturated rings. The zero-order valence-electron chi connectivity index (χ0n) is 13.5. The van der Waals surface area contributed by atoms with Gasteiger partial charge in [-0.3, -0.25) is 10.1 Å². The number of anilines is 1. The number of para-hydroxylation sites is 2. The van der Waals surface area contributed by atoms with Crippen molar-refractivity contribution in [1.29, 1.82) is 0 Å². The van der Waals surface area contributed by atoms with Crippen molar-refractivity contribution in [3.05, 3.63) is 24.3 Å². The van der Waals surface area contributed by atoms with Gasteiger partial charge in [-0.1, -0.05) is 26.0 Å². The third kappa shape index (κ3) is 3.84. The zero-order chi connectivity index (χ0) is 15.9. The molecular weight excluding hydrogens is 280 g/mol. The van der Waals surface area contributed by atoms with Gasteiger partial charge in [0.15, 0.2) is 0 Å². The molecule has 1 amide bonds. The monoisotopic (exact) mass is 304 g/mol. The van der Waals surface area contributed by atoms with Crippen molar-refractivity contribution in [2.45, 2.75) is 20.4 Å². The minimum atomic E-state index is -0.193. The number of nitrogens with zero attached hydrogens (tertiary/aromatic N) is 3. The number of carbonyl (C=O) groups excluding carboxylic acids is 1. The molecule has 0 aliphatic heterocycles. The van der Waals surface area contributed by atoms with E-state index in [0.29, 0.717) is 5.95 Å². The fourth-order valence-corrected chi connectivity index (χ4v) is 2.47. The summed E-state index contributed by atoms with van der Waals surface area (Å²) in [6, 6.07) is 7.91. The summed E-state index contributed by atoms with van der Waals surface area (Å²) in [7, 11) is 1.50. The molecule has 6 heteroatoms. The van der Waals surface area contributed by atoms with Gasteiger partial charge < -0.3 is 14.2 Å². The highest BCUT2D eigenvalue weighted by molar-refractivity contribution is 5.92. The summed E-state index contributed by atoms with van der Waals surface area (Å²) in [6.07, 6.45) is 0. The molecule has 22 heavy (non-hydrogen) atoms. The van der Waals surface area contributed by atoms with E-state index in [2.05, 4.69) is 33.6 Å². The van der Waals surface area contributed by atoms with Crippen LogP contribution in [0.3, 0.4) is 0 Å². The van der Waals surface area contributed by atoms with Gasteiger partial charge in [0.05, 0.1) is 11.0 Å². The number of nitrogens with one attached hydrogen (secondary N) is 1. The molecule has 1 heterocycles. The van der Waals surface area contributed by atoms with Crippen molar-refractivity contribution in [1.82, 2.24) is 14.5 Å². The van der Waals surface area contributed by atoms with E-state index in [4.69, 9.17) is 4.74 Å². The Morgan fingerprint density at radius 3 is 2.73 bits per heavy atom. The van der Waals surface area contributed by atoms with E-state index in [1.165, 1.54) is 7.11 Å². The summed E-state index contributed by atoms with van der Waals surface area (Å²) >= 11 is 0. The standard InChI is InChI=1S/C16H24N4O2/c1-4-19(5-2)10-11-20-14-9-7-6-8-13(14)17-16(20)18-15(21)12-22-3/h6-9H,4-5,10-12H2,1-3H3,(H,17,18,21).